The highest BCUT2D eigenvalue weighted by Crippen LogP contribution is 2.26. The second-order valence-corrected chi connectivity index (χ2v) is 9.09. The molecule has 0 N–H and O–H groups in total. The summed E-state index contributed by atoms with van der Waals surface area (Å²) in [6.45, 7) is 4.60. The molecule has 0 aliphatic carbocycles. The molecule has 0 saturated carbocycles. The monoisotopic (exact) mass is 397 g/mol. The van der Waals surface area contributed by atoms with E-state index in [1.54, 1.807) is 16.6 Å². The fourth-order valence-corrected chi connectivity index (χ4v) is 5.26. The Morgan fingerprint density at radius 3 is 2.50 bits per heavy atom. The topological polar surface area (TPSA) is 72.4 Å². The van der Waals surface area contributed by atoms with Gasteiger partial charge in [-0.1, -0.05) is 24.3 Å². The smallest absolute Gasteiger partial charge is 0.243 e. The molecule has 1 aromatic heterocycles. The van der Waals surface area contributed by atoms with Gasteiger partial charge in [-0.3, -0.25) is 0 Å². The van der Waals surface area contributed by atoms with Crippen LogP contribution in [0.2, 0.25) is 0 Å². The Morgan fingerprint density at radius 2 is 1.75 bits per heavy atom. The number of hydrogen-bond donors (Lipinski definition) is 0. The molecule has 0 amide bonds. The first-order valence-corrected chi connectivity index (χ1v) is 10.8. The summed E-state index contributed by atoms with van der Waals surface area (Å²) in [6, 6.07) is 13.2. The van der Waals surface area contributed by atoms with Gasteiger partial charge in [0.15, 0.2) is 0 Å². The Bertz CT molecular complexity index is 1110. The first-order chi connectivity index (χ1) is 13.4. The van der Waals surface area contributed by atoms with Crippen LogP contribution in [-0.2, 0) is 10.0 Å². The summed E-state index contributed by atoms with van der Waals surface area (Å²) in [4.78, 5) is 9.25. The van der Waals surface area contributed by atoms with Crippen molar-refractivity contribution in [3.05, 3.63) is 59.8 Å². The summed E-state index contributed by atoms with van der Waals surface area (Å²) in [5.74, 6) is 0.481. The molecular formula is C21H23N3O3S. The van der Waals surface area contributed by atoms with Crippen molar-refractivity contribution in [3.63, 3.8) is 0 Å². The van der Waals surface area contributed by atoms with Crippen molar-refractivity contribution in [2.45, 2.75) is 37.7 Å². The third kappa shape index (κ3) is 3.72. The normalized spacial score (nSPS) is 16.4. The zero-order valence-electron chi connectivity index (χ0n) is 16.0. The number of sulfonamides is 1. The largest absolute Gasteiger partial charge is 0.473 e. The Labute approximate surface area is 165 Å². The highest BCUT2D eigenvalue weighted by molar-refractivity contribution is 7.89. The quantitative estimate of drug-likeness (QED) is 0.674. The summed E-state index contributed by atoms with van der Waals surface area (Å²) < 4.78 is 33.6. The van der Waals surface area contributed by atoms with Crippen molar-refractivity contribution in [2.24, 2.45) is 0 Å². The van der Waals surface area contributed by atoms with Gasteiger partial charge in [-0.05, 0) is 56.0 Å². The molecule has 3 aromatic rings. The minimum atomic E-state index is -3.49. The van der Waals surface area contributed by atoms with Gasteiger partial charge in [0.05, 0.1) is 22.1 Å². The Morgan fingerprint density at radius 1 is 1.04 bits per heavy atom. The Balaban J connectivity index is 1.44. The van der Waals surface area contributed by atoms with E-state index in [0.29, 0.717) is 36.7 Å². The van der Waals surface area contributed by atoms with Gasteiger partial charge in [-0.2, -0.15) is 4.31 Å². The molecule has 28 heavy (non-hydrogen) atoms. The maximum Gasteiger partial charge on any atom is 0.243 e. The number of nitrogens with zero attached hydrogens (tertiary/aromatic N) is 3. The minimum absolute atomic E-state index is 0.0690. The third-order valence-electron chi connectivity index (χ3n) is 5.08. The van der Waals surface area contributed by atoms with Crippen molar-refractivity contribution in [1.82, 2.24) is 14.3 Å². The van der Waals surface area contributed by atoms with Gasteiger partial charge >= 0.3 is 0 Å². The van der Waals surface area contributed by atoms with E-state index in [-0.39, 0.29) is 6.10 Å². The molecular weight excluding hydrogens is 374 g/mol. The molecule has 0 radical (unpaired) electrons. The highest BCUT2D eigenvalue weighted by Gasteiger charge is 2.31. The number of rotatable bonds is 4. The van der Waals surface area contributed by atoms with E-state index in [2.05, 4.69) is 9.97 Å². The lowest BCUT2D eigenvalue weighted by Gasteiger charge is -2.31. The van der Waals surface area contributed by atoms with Crippen molar-refractivity contribution in [2.75, 3.05) is 13.1 Å². The van der Waals surface area contributed by atoms with E-state index in [1.165, 1.54) is 0 Å². The number of aryl methyl sites for hydroxylation is 2. The lowest BCUT2D eigenvalue weighted by atomic mass is 10.1. The van der Waals surface area contributed by atoms with Crippen LogP contribution in [0.15, 0.2) is 53.6 Å². The van der Waals surface area contributed by atoms with Gasteiger partial charge in [-0.25, -0.2) is 18.4 Å². The molecule has 2 heterocycles. The third-order valence-corrected chi connectivity index (χ3v) is 7.12. The first kappa shape index (κ1) is 18.8. The molecule has 2 aromatic carbocycles. The van der Waals surface area contributed by atoms with Crippen LogP contribution >= 0.6 is 0 Å². The van der Waals surface area contributed by atoms with E-state index in [9.17, 15) is 8.42 Å². The molecule has 0 unspecified atom stereocenters. The molecule has 7 heteroatoms. The van der Waals surface area contributed by atoms with E-state index in [0.717, 1.165) is 22.2 Å². The summed E-state index contributed by atoms with van der Waals surface area (Å²) in [5.41, 5.74) is 3.33. The van der Waals surface area contributed by atoms with Crippen molar-refractivity contribution >= 4 is 21.1 Å². The zero-order chi connectivity index (χ0) is 19.7. The average molecular weight is 398 g/mol. The molecule has 1 aliphatic rings. The number of aromatic nitrogens is 2. The van der Waals surface area contributed by atoms with Crippen LogP contribution < -0.4 is 4.74 Å². The van der Waals surface area contributed by atoms with Gasteiger partial charge in [0.1, 0.15) is 6.10 Å². The van der Waals surface area contributed by atoms with Gasteiger partial charge in [0, 0.05) is 13.1 Å². The van der Waals surface area contributed by atoms with Crippen LogP contribution in [-0.4, -0.2) is 41.9 Å². The Kier molecular flexibility index (Phi) is 5.03. The second kappa shape index (κ2) is 7.48. The molecule has 146 valence electrons. The molecule has 1 aliphatic heterocycles. The molecule has 0 atom stereocenters. The van der Waals surface area contributed by atoms with E-state index >= 15 is 0 Å². The fraction of sp³-hybridized carbons (Fsp3) is 0.333. The van der Waals surface area contributed by atoms with Gasteiger partial charge in [-0.15, -0.1) is 0 Å². The van der Waals surface area contributed by atoms with Crippen LogP contribution in [0, 0.1) is 13.8 Å². The maximum absolute atomic E-state index is 13.0. The van der Waals surface area contributed by atoms with Gasteiger partial charge in [0.2, 0.25) is 15.9 Å². The molecule has 0 spiro atoms. The first-order valence-electron chi connectivity index (χ1n) is 9.39. The van der Waals surface area contributed by atoms with Gasteiger partial charge in [0.25, 0.3) is 0 Å². The highest BCUT2D eigenvalue weighted by atomic mass is 32.2. The lowest BCUT2D eigenvalue weighted by Crippen LogP contribution is -2.42. The van der Waals surface area contributed by atoms with Crippen molar-refractivity contribution in [1.29, 1.82) is 0 Å². The molecule has 6 nitrogen and oxygen atoms in total. The zero-order valence-corrected chi connectivity index (χ0v) is 16.8. The standard InChI is InChI=1S/C21H23N3O3S/c1-15-7-8-16(2)20(13-15)28(25,26)24-11-9-17(10-12-24)27-21-14-22-18-5-3-4-6-19(18)23-21/h3-8,13-14,17H,9-12H2,1-2H3. The van der Waals surface area contributed by atoms with Crippen molar-refractivity contribution in [3.8, 4) is 5.88 Å². The van der Waals surface area contributed by atoms with Crippen LogP contribution in [0.5, 0.6) is 5.88 Å². The second-order valence-electron chi connectivity index (χ2n) is 7.19. The van der Waals surface area contributed by atoms with Crippen molar-refractivity contribution < 1.29 is 13.2 Å². The van der Waals surface area contributed by atoms with E-state index < -0.39 is 10.0 Å². The number of fused-ring (bicyclic) bond motifs is 1. The number of hydrogen-bond acceptors (Lipinski definition) is 5. The van der Waals surface area contributed by atoms with Crippen LogP contribution in [0.25, 0.3) is 11.0 Å². The van der Waals surface area contributed by atoms with Crippen LogP contribution in [0.3, 0.4) is 0 Å². The summed E-state index contributed by atoms with van der Waals surface area (Å²) in [6.07, 6.45) is 2.80. The fourth-order valence-electron chi connectivity index (χ4n) is 3.48. The summed E-state index contributed by atoms with van der Waals surface area (Å²) in [5, 5.41) is 0. The summed E-state index contributed by atoms with van der Waals surface area (Å²) >= 11 is 0. The Hall–Kier alpha value is -2.51. The number of benzene rings is 2. The average Bonchev–Trinajstić information content (AvgIpc) is 2.70. The number of piperidine rings is 1. The summed E-state index contributed by atoms with van der Waals surface area (Å²) in [7, 11) is -3.49. The minimum Gasteiger partial charge on any atom is -0.473 e. The number of para-hydroxylation sites is 2. The van der Waals surface area contributed by atoms with E-state index in [1.807, 2.05) is 50.2 Å². The van der Waals surface area contributed by atoms with E-state index in [4.69, 9.17) is 4.74 Å². The lowest BCUT2D eigenvalue weighted by molar-refractivity contribution is 0.130. The number of ether oxygens (including phenoxy) is 1. The van der Waals surface area contributed by atoms with Gasteiger partial charge < -0.3 is 4.74 Å². The molecule has 1 saturated heterocycles. The molecule has 0 bridgehead atoms. The predicted octanol–water partition coefficient (Wildman–Crippen LogP) is 3.48. The van der Waals surface area contributed by atoms with Crippen LogP contribution in [0.4, 0.5) is 0 Å². The molecule has 4 rings (SSSR count). The SMILES string of the molecule is Cc1ccc(C)c(S(=O)(=O)N2CCC(Oc3cnc4ccccc4n3)CC2)c1. The maximum atomic E-state index is 13.0. The molecule has 1 fully saturated rings. The van der Waals surface area contributed by atoms with Crippen LogP contribution in [0.1, 0.15) is 24.0 Å². The predicted molar refractivity (Wildman–Crippen MR) is 108 cm³/mol.